The Kier molecular flexibility index (Phi) is 7.51. The van der Waals surface area contributed by atoms with E-state index in [0.29, 0.717) is 19.8 Å². The van der Waals surface area contributed by atoms with E-state index in [1.807, 2.05) is 20.8 Å². The van der Waals surface area contributed by atoms with E-state index in [9.17, 15) is 0 Å². The maximum absolute atomic E-state index is 6.69. The van der Waals surface area contributed by atoms with Crippen molar-refractivity contribution >= 4 is 24.2 Å². The third-order valence-electron chi connectivity index (χ3n) is 5.28. The van der Waals surface area contributed by atoms with Crippen molar-refractivity contribution < 1.29 is 17.7 Å². The average Bonchev–Trinajstić information content (AvgIpc) is 2.42. The van der Waals surface area contributed by atoms with Gasteiger partial charge in [-0.25, -0.2) is 0 Å². The van der Waals surface area contributed by atoms with E-state index in [1.54, 1.807) is 0 Å². The normalized spacial score (nSPS) is 25.9. The van der Waals surface area contributed by atoms with E-state index in [0.717, 1.165) is 6.42 Å². The smallest absolute Gasteiger partial charge is 0.417 e. The van der Waals surface area contributed by atoms with Crippen molar-refractivity contribution in [2.75, 3.05) is 19.8 Å². The number of hydrogen-bond donors (Lipinski definition) is 0. The van der Waals surface area contributed by atoms with Crippen molar-refractivity contribution in [1.29, 1.82) is 0 Å². The number of hydrogen-bond acceptors (Lipinski definition) is 4. The molecule has 2 unspecified atom stereocenters. The molecule has 0 aromatic rings. The molecule has 4 nitrogen and oxygen atoms in total. The first-order chi connectivity index (χ1) is 10.2. The Morgan fingerprint density at radius 2 is 1.45 bits per heavy atom. The molecule has 0 radical (unpaired) electrons. The molecule has 0 spiro atoms. The molecule has 0 aromatic carbocycles. The molecular formula is C15H36O4Si3. The fourth-order valence-corrected chi connectivity index (χ4v) is 12.8. The Morgan fingerprint density at radius 3 is 1.82 bits per heavy atom. The summed E-state index contributed by atoms with van der Waals surface area (Å²) >= 11 is 0. The van der Waals surface area contributed by atoms with Crippen LogP contribution in [0, 0.1) is 0 Å². The van der Waals surface area contributed by atoms with Crippen LogP contribution in [-0.4, -0.2) is 50.2 Å². The highest BCUT2D eigenvalue weighted by Crippen LogP contribution is 2.41. The summed E-state index contributed by atoms with van der Waals surface area (Å²) in [6, 6.07) is 1.34. The molecule has 1 heterocycles. The van der Waals surface area contributed by atoms with Crippen LogP contribution in [0.15, 0.2) is 0 Å². The van der Waals surface area contributed by atoms with Gasteiger partial charge in [0.2, 0.25) is 0 Å². The highest BCUT2D eigenvalue weighted by atomic mass is 29.3. The molecule has 132 valence electrons. The molecule has 0 aliphatic carbocycles. The van der Waals surface area contributed by atoms with E-state index < -0.39 is 24.2 Å². The second-order valence-corrected chi connectivity index (χ2v) is 25.5. The lowest BCUT2D eigenvalue weighted by molar-refractivity contribution is 0.0414. The molecule has 2 atom stereocenters. The van der Waals surface area contributed by atoms with Gasteiger partial charge in [0.15, 0.2) is 7.83 Å². The lowest BCUT2D eigenvalue weighted by Gasteiger charge is -2.49. The minimum Gasteiger partial charge on any atom is -0.417 e. The molecule has 1 fully saturated rings. The molecule has 0 N–H and O–H groups in total. The van der Waals surface area contributed by atoms with Gasteiger partial charge < -0.3 is 17.7 Å². The van der Waals surface area contributed by atoms with Crippen molar-refractivity contribution in [2.24, 2.45) is 0 Å². The highest BCUT2D eigenvalue weighted by Gasteiger charge is 2.55. The van der Waals surface area contributed by atoms with Gasteiger partial charge in [-0.05, 0) is 40.3 Å². The lowest BCUT2D eigenvalue weighted by Crippen LogP contribution is -2.64. The maximum Gasteiger partial charge on any atom is 0.506 e. The number of rotatable bonds is 8. The SMILES string of the molecule is CCO[Si](OCC)(OCC)C(C)C1CC[Si](C)(C)[Si](C)(C)O1. The predicted molar refractivity (Wildman–Crippen MR) is 99.3 cm³/mol. The first kappa shape index (κ1) is 20.5. The van der Waals surface area contributed by atoms with Gasteiger partial charge in [0, 0.05) is 19.8 Å². The quantitative estimate of drug-likeness (QED) is 0.605. The topological polar surface area (TPSA) is 36.9 Å². The van der Waals surface area contributed by atoms with E-state index in [2.05, 4.69) is 33.1 Å². The third-order valence-corrected chi connectivity index (χ3v) is 25.4. The Labute approximate surface area is 140 Å². The van der Waals surface area contributed by atoms with Crippen LogP contribution in [0.25, 0.3) is 0 Å². The van der Waals surface area contributed by atoms with Crippen molar-refractivity contribution in [3.05, 3.63) is 0 Å². The molecule has 1 aliphatic heterocycles. The van der Waals surface area contributed by atoms with Crippen LogP contribution in [0.1, 0.15) is 34.1 Å². The summed E-state index contributed by atoms with van der Waals surface area (Å²) < 4.78 is 25.0. The Morgan fingerprint density at radius 1 is 1.00 bits per heavy atom. The van der Waals surface area contributed by atoms with E-state index >= 15 is 0 Å². The molecule has 1 aliphatic rings. The minimum atomic E-state index is -2.68. The zero-order valence-electron chi connectivity index (χ0n) is 15.8. The standard InChI is InChI=1S/C15H36O4Si3/c1-9-16-22(17-10-2,18-11-3)14(4)15-12-13-20(5,6)21(7,8)19-15/h14-15H,9-13H2,1-8H3. The molecule has 1 rings (SSSR count). The lowest BCUT2D eigenvalue weighted by atomic mass is 10.2. The van der Waals surface area contributed by atoms with Gasteiger partial charge in [-0.1, -0.05) is 26.1 Å². The minimum absolute atomic E-state index is 0.198. The average molecular weight is 365 g/mol. The van der Waals surface area contributed by atoms with Crippen LogP contribution in [0.5, 0.6) is 0 Å². The van der Waals surface area contributed by atoms with Gasteiger partial charge in [-0.2, -0.15) is 0 Å². The molecule has 0 amide bonds. The Balaban J connectivity index is 2.96. The van der Waals surface area contributed by atoms with Crippen molar-refractivity contribution in [1.82, 2.24) is 0 Å². The largest absolute Gasteiger partial charge is 0.506 e. The van der Waals surface area contributed by atoms with Crippen LogP contribution in [0.4, 0.5) is 0 Å². The summed E-state index contributed by atoms with van der Waals surface area (Å²) in [7, 11) is -5.49. The first-order valence-corrected chi connectivity index (χ1v) is 17.7. The van der Waals surface area contributed by atoms with E-state index in [1.165, 1.54) is 6.04 Å². The van der Waals surface area contributed by atoms with E-state index in [-0.39, 0.29) is 11.6 Å². The van der Waals surface area contributed by atoms with Gasteiger partial charge in [-0.3, -0.25) is 0 Å². The molecule has 7 heteroatoms. The first-order valence-electron chi connectivity index (χ1n) is 8.75. The summed E-state index contributed by atoms with van der Waals surface area (Å²) in [6.45, 7) is 19.9. The van der Waals surface area contributed by atoms with Crippen LogP contribution >= 0.6 is 0 Å². The fraction of sp³-hybridized carbons (Fsp3) is 1.00. The monoisotopic (exact) mass is 364 g/mol. The van der Waals surface area contributed by atoms with Gasteiger partial charge in [0.25, 0.3) is 0 Å². The molecule has 0 bridgehead atoms. The van der Waals surface area contributed by atoms with Crippen LogP contribution < -0.4 is 0 Å². The van der Waals surface area contributed by atoms with Crippen molar-refractivity contribution in [3.8, 4) is 0 Å². The van der Waals surface area contributed by atoms with Gasteiger partial charge in [0.05, 0.1) is 19.2 Å². The summed E-state index contributed by atoms with van der Waals surface area (Å²) in [5.74, 6) is 0. The molecule has 1 saturated heterocycles. The van der Waals surface area contributed by atoms with Crippen LogP contribution in [0.3, 0.4) is 0 Å². The summed E-state index contributed by atoms with van der Waals surface area (Å²) in [6.07, 6.45) is 1.34. The zero-order valence-corrected chi connectivity index (χ0v) is 18.8. The highest BCUT2D eigenvalue weighted by molar-refractivity contribution is 7.38. The second-order valence-electron chi connectivity index (χ2n) is 7.28. The maximum atomic E-state index is 6.69. The molecular weight excluding hydrogens is 328 g/mol. The zero-order chi connectivity index (χ0) is 17.0. The molecule has 0 saturated carbocycles. The molecule has 22 heavy (non-hydrogen) atoms. The van der Waals surface area contributed by atoms with Crippen LogP contribution in [-0.2, 0) is 17.7 Å². The van der Waals surface area contributed by atoms with Crippen molar-refractivity contribution in [3.63, 3.8) is 0 Å². The third kappa shape index (κ3) is 4.31. The summed E-state index contributed by atoms with van der Waals surface area (Å²) in [4.78, 5) is 0. The van der Waals surface area contributed by atoms with E-state index in [4.69, 9.17) is 17.7 Å². The second kappa shape index (κ2) is 8.04. The predicted octanol–water partition coefficient (Wildman–Crippen LogP) is 4.21. The van der Waals surface area contributed by atoms with Gasteiger partial charge >= 0.3 is 8.80 Å². The summed E-state index contributed by atoms with van der Waals surface area (Å²) in [5.41, 5.74) is 0.198. The van der Waals surface area contributed by atoms with Crippen molar-refractivity contribution in [2.45, 2.75) is 78.0 Å². The summed E-state index contributed by atoms with van der Waals surface area (Å²) in [5, 5.41) is 0. The van der Waals surface area contributed by atoms with Gasteiger partial charge in [0.1, 0.15) is 0 Å². The Bertz CT molecular complexity index is 333. The fourth-order valence-electron chi connectivity index (χ4n) is 3.10. The molecule has 0 aromatic heterocycles. The van der Waals surface area contributed by atoms with Gasteiger partial charge in [-0.15, -0.1) is 0 Å². The van der Waals surface area contributed by atoms with Crippen LogP contribution in [0.2, 0.25) is 37.8 Å². The Hall–Kier alpha value is 0.491.